The number of benzene rings is 1. The van der Waals surface area contributed by atoms with E-state index in [9.17, 15) is 14.9 Å². The Morgan fingerprint density at radius 1 is 1.48 bits per heavy atom. The molecule has 2 aromatic rings. The molecule has 2 rings (SSSR count). The molecule has 0 aliphatic carbocycles. The number of aromatic nitrogens is 2. The Hall–Kier alpha value is -2.00. The molecule has 0 aliphatic rings. The molecule has 1 heterocycles. The van der Waals surface area contributed by atoms with Crippen LogP contribution in [0.5, 0.6) is 0 Å². The van der Waals surface area contributed by atoms with Gasteiger partial charge in [-0.3, -0.25) is 20.2 Å². The van der Waals surface area contributed by atoms with Crippen molar-refractivity contribution in [2.45, 2.75) is 18.2 Å². The minimum absolute atomic E-state index is 0.0140. The van der Waals surface area contributed by atoms with E-state index in [4.69, 9.17) is 0 Å². The Labute approximate surface area is 128 Å². The number of hydrogen-bond donors (Lipinski definition) is 1. The van der Waals surface area contributed by atoms with Crippen LogP contribution in [0.3, 0.4) is 0 Å². The van der Waals surface area contributed by atoms with Gasteiger partial charge in [-0.15, -0.1) is 22.0 Å². The summed E-state index contributed by atoms with van der Waals surface area (Å²) in [6.07, 6.45) is 2.55. The van der Waals surface area contributed by atoms with Gasteiger partial charge in [0.2, 0.25) is 5.13 Å². The van der Waals surface area contributed by atoms with Crippen molar-refractivity contribution in [1.29, 1.82) is 0 Å². The first-order valence-electron chi connectivity index (χ1n) is 6.01. The van der Waals surface area contributed by atoms with Crippen LogP contribution in [0, 0.1) is 10.1 Å². The van der Waals surface area contributed by atoms with Gasteiger partial charge in [0.15, 0.2) is 0 Å². The molecule has 0 fully saturated rings. The molecule has 110 valence electrons. The van der Waals surface area contributed by atoms with Crippen LogP contribution in [0.15, 0.2) is 23.1 Å². The third kappa shape index (κ3) is 3.56. The fraction of sp³-hybridized carbons (Fsp3) is 0.250. The fourth-order valence-electron chi connectivity index (χ4n) is 1.59. The van der Waals surface area contributed by atoms with E-state index in [0.717, 1.165) is 16.3 Å². The van der Waals surface area contributed by atoms with Crippen molar-refractivity contribution in [1.82, 2.24) is 10.2 Å². The minimum Gasteiger partial charge on any atom is -0.296 e. The highest BCUT2D eigenvalue weighted by Gasteiger charge is 2.21. The number of carbonyl (C=O) groups excluding carboxylic acids is 1. The van der Waals surface area contributed by atoms with E-state index in [1.165, 1.54) is 35.2 Å². The van der Waals surface area contributed by atoms with Crippen LogP contribution in [-0.2, 0) is 6.42 Å². The molecule has 0 bridgehead atoms. The van der Waals surface area contributed by atoms with Gasteiger partial charge in [-0.25, -0.2) is 0 Å². The van der Waals surface area contributed by atoms with Crippen LogP contribution in [0.1, 0.15) is 22.3 Å². The Kier molecular flexibility index (Phi) is 4.86. The van der Waals surface area contributed by atoms with Crippen LogP contribution in [0.25, 0.3) is 0 Å². The first-order valence-corrected chi connectivity index (χ1v) is 8.05. The van der Waals surface area contributed by atoms with Crippen LogP contribution in [-0.4, -0.2) is 27.3 Å². The second-order valence-electron chi connectivity index (χ2n) is 3.95. The van der Waals surface area contributed by atoms with Gasteiger partial charge < -0.3 is 0 Å². The van der Waals surface area contributed by atoms with Crippen molar-refractivity contribution < 1.29 is 9.72 Å². The fourth-order valence-corrected chi connectivity index (χ4v) is 2.71. The summed E-state index contributed by atoms with van der Waals surface area (Å²) in [4.78, 5) is 23.4. The lowest BCUT2D eigenvalue weighted by molar-refractivity contribution is -0.385. The molecule has 1 amide bonds. The lowest BCUT2D eigenvalue weighted by Crippen LogP contribution is -2.14. The summed E-state index contributed by atoms with van der Waals surface area (Å²) in [6, 6.07) is 4.44. The number of nitrogens with zero attached hydrogens (tertiary/aromatic N) is 3. The lowest BCUT2D eigenvalue weighted by atomic mass is 10.1. The number of thioether (sulfide) groups is 1. The van der Waals surface area contributed by atoms with E-state index in [1.54, 1.807) is 6.07 Å². The van der Waals surface area contributed by atoms with Gasteiger partial charge in [-0.2, -0.15) is 0 Å². The molecular formula is C12H12N4O3S2. The number of hydrogen-bond acceptors (Lipinski definition) is 7. The molecule has 0 saturated carbocycles. The van der Waals surface area contributed by atoms with Gasteiger partial charge >= 0.3 is 0 Å². The summed E-state index contributed by atoms with van der Waals surface area (Å²) in [5.41, 5.74) is -0.217. The van der Waals surface area contributed by atoms with Gasteiger partial charge in [0.05, 0.1) is 4.92 Å². The number of aryl methyl sites for hydroxylation is 1. The van der Waals surface area contributed by atoms with Crippen molar-refractivity contribution in [3.05, 3.63) is 38.9 Å². The Balaban J connectivity index is 2.30. The maximum Gasteiger partial charge on any atom is 0.282 e. The number of nitrogens with one attached hydrogen (secondary N) is 1. The second-order valence-corrected chi connectivity index (χ2v) is 5.89. The first kappa shape index (κ1) is 15.4. The Morgan fingerprint density at radius 2 is 2.24 bits per heavy atom. The Bertz CT molecular complexity index is 687. The average Bonchev–Trinajstić information content (AvgIpc) is 2.94. The lowest BCUT2D eigenvalue weighted by Gasteiger charge is -2.04. The van der Waals surface area contributed by atoms with Crippen LogP contribution in [0.2, 0.25) is 0 Å². The smallest absolute Gasteiger partial charge is 0.282 e. The summed E-state index contributed by atoms with van der Waals surface area (Å²) in [7, 11) is 0. The number of carbonyl (C=O) groups is 1. The summed E-state index contributed by atoms with van der Waals surface area (Å²) < 4.78 is 0. The van der Waals surface area contributed by atoms with Gasteiger partial charge in [0.25, 0.3) is 11.6 Å². The predicted molar refractivity (Wildman–Crippen MR) is 82.1 cm³/mol. The van der Waals surface area contributed by atoms with Gasteiger partial charge in [0.1, 0.15) is 10.6 Å². The number of amides is 1. The molecule has 1 aromatic heterocycles. The summed E-state index contributed by atoms with van der Waals surface area (Å²) in [6.45, 7) is 1.93. The third-order valence-corrected chi connectivity index (χ3v) is 4.34. The third-order valence-electron chi connectivity index (χ3n) is 2.63. The van der Waals surface area contributed by atoms with Crippen molar-refractivity contribution in [2.24, 2.45) is 0 Å². The van der Waals surface area contributed by atoms with Gasteiger partial charge in [-0.05, 0) is 24.8 Å². The van der Waals surface area contributed by atoms with Gasteiger partial charge in [0, 0.05) is 11.0 Å². The minimum atomic E-state index is -0.573. The maximum absolute atomic E-state index is 12.2. The molecule has 7 nitrogen and oxygen atoms in total. The predicted octanol–water partition coefficient (Wildman–Crippen LogP) is 2.98. The van der Waals surface area contributed by atoms with Crippen molar-refractivity contribution in [3.8, 4) is 0 Å². The highest BCUT2D eigenvalue weighted by Crippen LogP contribution is 2.26. The molecule has 1 aromatic carbocycles. The largest absolute Gasteiger partial charge is 0.296 e. The zero-order chi connectivity index (χ0) is 15.4. The second kappa shape index (κ2) is 6.64. The van der Waals surface area contributed by atoms with E-state index in [-0.39, 0.29) is 11.3 Å². The topological polar surface area (TPSA) is 98.0 Å². The number of nitro benzene ring substituents is 1. The molecule has 0 spiro atoms. The highest BCUT2D eigenvalue weighted by molar-refractivity contribution is 7.98. The summed E-state index contributed by atoms with van der Waals surface area (Å²) in [5, 5.41) is 22.4. The van der Waals surface area contributed by atoms with Gasteiger partial charge in [-0.1, -0.05) is 18.3 Å². The van der Waals surface area contributed by atoms with E-state index in [2.05, 4.69) is 15.5 Å². The molecule has 0 atom stereocenters. The van der Waals surface area contributed by atoms with E-state index in [0.29, 0.717) is 5.13 Å². The van der Waals surface area contributed by atoms with Crippen molar-refractivity contribution in [3.63, 3.8) is 0 Å². The zero-order valence-corrected chi connectivity index (χ0v) is 13.0. The number of nitro groups is 1. The normalized spacial score (nSPS) is 10.4. The van der Waals surface area contributed by atoms with E-state index >= 15 is 0 Å². The number of anilines is 1. The molecule has 0 saturated heterocycles. The molecule has 1 N–H and O–H groups in total. The molecule has 21 heavy (non-hydrogen) atoms. The molecular weight excluding hydrogens is 312 g/mol. The molecule has 0 aliphatic heterocycles. The SMILES string of the molecule is CCc1nnc(NC(=O)c2cc(SC)ccc2[N+](=O)[O-])s1. The van der Waals surface area contributed by atoms with E-state index < -0.39 is 10.8 Å². The number of rotatable bonds is 5. The monoisotopic (exact) mass is 324 g/mol. The summed E-state index contributed by atoms with van der Waals surface area (Å²) >= 11 is 2.66. The van der Waals surface area contributed by atoms with Crippen molar-refractivity contribution >= 4 is 39.8 Å². The molecule has 0 unspecified atom stereocenters. The van der Waals surface area contributed by atoms with E-state index in [1.807, 2.05) is 13.2 Å². The quantitative estimate of drug-likeness (QED) is 0.516. The van der Waals surface area contributed by atoms with Crippen LogP contribution in [0.4, 0.5) is 10.8 Å². The van der Waals surface area contributed by atoms with Crippen LogP contribution < -0.4 is 5.32 Å². The zero-order valence-electron chi connectivity index (χ0n) is 11.3. The Morgan fingerprint density at radius 3 is 2.81 bits per heavy atom. The average molecular weight is 324 g/mol. The highest BCUT2D eigenvalue weighted by atomic mass is 32.2. The standard InChI is InChI=1S/C12H12N4O3S2/c1-3-10-14-15-12(21-10)13-11(17)8-6-7(20-2)4-5-9(8)16(18)19/h4-6H,3H2,1-2H3,(H,13,15,17). The molecule has 9 heteroatoms. The van der Waals surface area contributed by atoms with Crippen molar-refractivity contribution in [2.75, 3.05) is 11.6 Å². The first-order chi connectivity index (χ1) is 10.0. The summed E-state index contributed by atoms with van der Waals surface area (Å²) in [5.74, 6) is -0.559. The maximum atomic E-state index is 12.2. The van der Waals surface area contributed by atoms with Crippen LogP contribution >= 0.6 is 23.1 Å². The molecule has 0 radical (unpaired) electrons.